The summed E-state index contributed by atoms with van der Waals surface area (Å²) >= 11 is 5.62. The van der Waals surface area contributed by atoms with Crippen molar-refractivity contribution < 1.29 is 0 Å². The summed E-state index contributed by atoms with van der Waals surface area (Å²) in [4.78, 5) is 2.56. The average Bonchev–Trinajstić information content (AvgIpc) is 2.31. The van der Waals surface area contributed by atoms with E-state index in [1.807, 2.05) is 0 Å². The van der Waals surface area contributed by atoms with E-state index >= 15 is 0 Å². The van der Waals surface area contributed by atoms with E-state index in [2.05, 4.69) is 18.7 Å². The summed E-state index contributed by atoms with van der Waals surface area (Å²) in [6, 6.07) is 0. The monoisotopic (exact) mass is 189 g/mol. The fourth-order valence-corrected chi connectivity index (χ4v) is 2.03. The topological polar surface area (TPSA) is 3.24 Å². The van der Waals surface area contributed by atoms with Crippen LogP contribution >= 0.6 is 11.6 Å². The Balaban J connectivity index is 2.11. The van der Waals surface area contributed by atoms with Crippen molar-refractivity contribution in [3.05, 3.63) is 0 Å². The Bertz CT molecular complexity index is 134. The van der Waals surface area contributed by atoms with Crippen LogP contribution in [0.2, 0.25) is 0 Å². The summed E-state index contributed by atoms with van der Waals surface area (Å²) < 4.78 is 0. The van der Waals surface area contributed by atoms with Crippen molar-refractivity contribution in [2.24, 2.45) is 5.41 Å². The maximum Gasteiger partial charge on any atom is 0.0223 e. The lowest BCUT2D eigenvalue weighted by Crippen LogP contribution is -2.24. The van der Waals surface area contributed by atoms with Crippen molar-refractivity contribution in [2.45, 2.75) is 33.1 Å². The van der Waals surface area contributed by atoms with Gasteiger partial charge in [-0.2, -0.15) is 0 Å². The number of nitrogens with zero attached hydrogens (tertiary/aromatic N) is 1. The molecule has 0 aliphatic carbocycles. The molecule has 0 radical (unpaired) electrons. The minimum Gasteiger partial charge on any atom is -0.303 e. The second-order valence-electron chi connectivity index (χ2n) is 4.59. The largest absolute Gasteiger partial charge is 0.303 e. The Morgan fingerprint density at radius 3 is 2.58 bits per heavy atom. The molecule has 1 aliphatic rings. The third kappa shape index (κ3) is 3.32. The van der Waals surface area contributed by atoms with Crippen molar-refractivity contribution in [3.8, 4) is 0 Å². The van der Waals surface area contributed by atoms with Gasteiger partial charge in [0.15, 0.2) is 0 Å². The van der Waals surface area contributed by atoms with Crippen LogP contribution in [0.15, 0.2) is 0 Å². The van der Waals surface area contributed by atoms with E-state index in [4.69, 9.17) is 11.6 Å². The molecule has 0 aromatic carbocycles. The summed E-state index contributed by atoms with van der Waals surface area (Å²) in [6.45, 7) is 8.52. The molecule has 0 aromatic rings. The second-order valence-corrected chi connectivity index (χ2v) is 4.96. The summed E-state index contributed by atoms with van der Waals surface area (Å²) in [7, 11) is 0. The van der Waals surface area contributed by atoms with Gasteiger partial charge in [-0.3, -0.25) is 0 Å². The number of rotatable bonds is 4. The predicted octanol–water partition coefficient (Wildman–Crippen LogP) is 2.74. The van der Waals surface area contributed by atoms with Gasteiger partial charge in [0, 0.05) is 12.4 Å². The molecule has 0 bridgehead atoms. The van der Waals surface area contributed by atoms with Crippen LogP contribution in [0.5, 0.6) is 0 Å². The van der Waals surface area contributed by atoms with Crippen molar-refractivity contribution in [3.63, 3.8) is 0 Å². The van der Waals surface area contributed by atoms with Crippen LogP contribution in [0.25, 0.3) is 0 Å². The molecule has 0 aromatic heterocycles. The number of likely N-dealkylation sites (tertiary alicyclic amines) is 1. The number of hydrogen-bond acceptors (Lipinski definition) is 1. The van der Waals surface area contributed by atoms with Gasteiger partial charge in [-0.05, 0) is 37.8 Å². The molecule has 1 rings (SSSR count). The van der Waals surface area contributed by atoms with Gasteiger partial charge in [-0.15, -0.1) is 11.6 Å². The number of halogens is 1. The summed E-state index contributed by atoms with van der Waals surface area (Å²) in [6.07, 6.45) is 3.78. The SMILES string of the molecule is CC1(C)CCN(CCCCCl)C1. The molecule has 0 spiro atoms. The molecule has 0 unspecified atom stereocenters. The lowest BCUT2D eigenvalue weighted by molar-refractivity contribution is 0.287. The molecule has 0 N–H and O–H groups in total. The van der Waals surface area contributed by atoms with E-state index in [1.165, 1.54) is 38.9 Å². The average molecular weight is 190 g/mol. The van der Waals surface area contributed by atoms with Gasteiger partial charge in [0.2, 0.25) is 0 Å². The summed E-state index contributed by atoms with van der Waals surface area (Å²) in [5.74, 6) is 0.817. The van der Waals surface area contributed by atoms with Gasteiger partial charge in [0.25, 0.3) is 0 Å². The van der Waals surface area contributed by atoms with E-state index in [0.29, 0.717) is 5.41 Å². The van der Waals surface area contributed by atoms with E-state index in [9.17, 15) is 0 Å². The van der Waals surface area contributed by atoms with Gasteiger partial charge in [-0.1, -0.05) is 13.8 Å². The first-order valence-electron chi connectivity index (χ1n) is 4.92. The first-order valence-corrected chi connectivity index (χ1v) is 5.46. The molecular formula is C10H20ClN. The number of hydrogen-bond donors (Lipinski definition) is 0. The highest BCUT2D eigenvalue weighted by molar-refractivity contribution is 6.17. The molecule has 12 heavy (non-hydrogen) atoms. The first kappa shape index (κ1) is 10.3. The van der Waals surface area contributed by atoms with Gasteiger partial charge in [-0.25, -0.2) is 0 Å². The summed E-state index contributed by atoms with van der Waals surface area (Å²) in [5, 5.41) is 0. The minimum atomic E-state index is 0.557. The Labute approximate surface area is 81.1 Å². The molecule has 2 heteroatoms. The van der Waals surface area contributed by atoms with Crippen LogP contribution < -0.4 is 0 Å². The van der Waals surface area contributed by atoms with Crippen LogP contribution in [0.4, 0.5) is 0 Å². The number of unbranched alkanes of at least 4 members (excludes halogenated alkanes) is 1. The van der Waals surface area contributed by atoms with Gasteiger partial charge >= 0.3 is 0 Å². The van der Waals surface area contributed by atoms with Crippen LogP contribution in [0, 0.1) is 5.41 Å². The van der Waals surface area contributed by atoms with Gasteiger partial charge < -0.3 is 4.90 Å². The van der Waals surface area contributed by atoms with Gasteiger partial charge in [0.05, 0.1) is 0 Å². The zero-order valence-corrected chi connectivity index (χ0v) is 9.03. The highest BCUT2D eigenvalue weighted by atomic mass is 35.5. The minimum absolute atomic E-state index is 0.557. The maximum atomic E-state index is 5.62. The molecule has 1 aliphatic heterocycles. The molecule has 0 amide bonds. The fourth-order valence-electron chi connectivity index (χ4n) is 1.84. The Morgan fingerprint density at radius 1 is 1.33 bits per heavy atom. The van der Waals surface area contributed by atoms with Crippen LogP contribution in [-0.4, -0.2) is 30.4 Å². The van der Waals surface area contributed by atoms with E-state index < -0.39 is 0 Å². The lowest BCUT2D eigenvalue weighted by atomic mass is 9.93. The molecule has 0 atom stereocenters. The first-order chi connectivity index (χ1) is 5.64. The van der Waals surface area contributed by atoms with Crippen LogP contribution in [-0.2, 0) is 0 Å². The second kappa shape index (κ2) is 4.48. The molecular weight excluding hydrogens is 170 g/mol. The third-order valence-corrected chi connectivity index (χ3v) is 2.88. The zero-order valence-electron chi connectivity index (χ0n) is 8.27. The van der Waals surface area contributed by atoms with Crippen molar-refractivity contribution >= 4 is 11.6 Å². The number of alkyl halides is 1. The Hall–Kier alpha value is 0.250. The molecule has 1 saturated heterocycles. The molecule has 72 valence electrons. The Kier molecular flexibility index (Phi) is 3.85. The van der Waals surface area contributed by atoms with E-state index in [-0.39, 0.29) is 0 Å². The van der Waals surface area contributed by atoms with Crippen LogP contribution in [0.3, 0.4) is 0 Å². The van der Waals surface area contributed by atoms with Gasteiger partial charge in [0.1, 0.15) is 0 Å². The molecule has 1 nitrogen and oxygen atoms in total. The zero-order chi connectivity index (χ0) is 9.03. The standard InChI is InChI=1S/C10H20ClN/c1-10(2)5-8-12(9-10)7-4-3-6-11/h3-9H2,1-2H3. The van der Waals surface area contributed by atoms with E-state index in [0.717, 1.165) is 5.88 Å². The highest BCUT2D eigenvalue weighted by Gasteiger charge is 2.28. The van der Waals surface area contributed by atoms with Crippen molar-refractivity contribution in [2.75, 3.05) is 25.5 Å². The highest BCUT2D eigenvalue weighted by Crippen LogP contribution is 2.28. The van der Waals surface area contributed by atoms with Crippen molar-refractivity contribution in [1.82, 2.24) is 4.90 Å². The molecule has 0 saturated carbocycles. The van der Waals surface area contributed by atoms with Crippen LogP contribution in [0.1, 0.15) is 33.1 Å². The predicted molar refractivity (Wildman–Crippen MR) is 54.8 cm³/mol. The quantitative estimate of drug-likeness (QED) is 0.486. The third-order valence-electron chi connectivity index (χ3n) is 2.61. The fraction of sp³-hybridized carbons (Fsp3) is 1.00. The van der Waals surface area contributed by atoms with Crippen molar-refractivity contribution in [1.29, 1.82) is 0 Å². The van der Waals surface area contributed by atoms with E-state index in [1.54, 1.807) is 0 Å². The lowest BCUT2D eigenvalue weighted by Gasteiger charge is -2.19. The smallest absolute Gasteiger partial charge is 0.0223 e. The summed E-state index contributed by atoms with van der Waals surface area (Å²) in [5.41, 5.74) is 0.557. The Morgan fingerprint density at radius 2 is 2.08 bits per heavy atom. The normalized spacial score (nSPS) is 23.2. The molecule has 1 heterocycles. The maximum absolute atomic E-state index is 5.62. The molecule has 1 fully saturated rings.